The molecule has 1 aliphatic heterocycles. The van der Waals surface area contributed by atoms with Crippen molar-refractivity contribution in [2.24, 2.45) is 5.73 Å². The second-order valence-electron chi connectivity index (χ2n) is 2.33. The van der Waals surface area contributed by atoms with Crippen LogP contribution in [0.2, 0.25) is 0 Å². The van der Waals surface area contributed by atoms with Crippen LogP contribution in [0.1, 0.15) is 6.92 Å². The van der Waals surface area contributed by atoms with Crippen molar-refractivity contribution in [3.63, 3.8) is 0 Å². The van der Waals surface area contributed by atoms with Crippen LogP contribution in [0.25, 0.3) is 0 Å². The van der Waals surface area contributed by atoms with Gasteiger partial charge in [0, 0.05) is 6.54 Å². The van der Waals surface area contributed by atoms with Gasteiger partial charge in [0.1, 0.15) is 0 Å². The maximum atomic E-state index is 5.34. The lowest BCUT2D eigenvalue weighted by Gasteiger charge is -2.26. The van der Waals surface area contributed by atoms with Gasteiger partial charge in [-0.05, 0) is 6.92 Å². The van der Waals surface area contributed by atoms with E-state index < -0.39 is 0 Å². The molecule has 1 saturated heterocycles. The molecule has 1 fully saturated rings. The first kappa shape index (κ1) is 10.2. The Labute approximate surface area is 67.3 Å². The van der Waals surface area contributed by atoms with Crippen molar-refractivity contribution < 1.29 is 9.47 Å². The maximum Gasteiger partial charge on any atom is 0.0931 e. The highest BCUT2D eigenvalue weighted by molar-refractivity contribution is 5.85. The van der Waals surface area contributed by atoms with E-state index in [1.54, 1.807) is 0 Å². The lowest BCUT2D eigenvalue weighted by atomic mass is 10.3. The van der Waals surface area contributed by atoms with E-state index in [4.69, 9.17) is 15.2 Å². The molecule has 0 aromatic rings. The first-order chi connectivity index (χ1) is 4.33. The molecule has 0 saturated carbocycles. The minimum absolute atomic E-state index is 0. The summed E-state index contributed by atoms with van der Waals surface area (Å²) >= 11 is 0. The van der Waals surface area contributed by atoms with Crippen LogP contribution in [0, 0.1) is 0 Å². The van der Waals surface area contributed by atoms with Gasteiger partial charge in [0.2, 0.25) is 0 Å². The lowest BCUT2D eigenvalue weighted by Crippen LogP contribution is -2.38. The second kappa shape index (κ2) is 4.91. The van der Waals surface area contributed by atoms with Crippen molar-refractivity contribution in [1.29, 1.82) is 0 Å². The van der Waals surface area contributed by atoms with Gasteiger partial charge in [0.15, 0.2) is 0 Å². The van der Waals surface area contributed by atoms with Gasteiger partial charge in [-0.25, -0.2) is 0 Å². The lowest BCUT2D eigenvalue weighted by molar-refractivity contribution is -0.122. The van der Waals surface area contributed by atoms with E-state index in [0.29, 0.717) is 19.8 Å². The molecular formula is C6H14ClNO2. The van der Waals surface area contributed by atoms with Gasteiger partial charge >= 0.3 is 0 Å². The Bertz CT molecular complexity index is 83.8. The summed E-state index contributed by atoms with van der Waals surface area (Å²) in [6, 6.07) is 0. The Balaban J connectivity index is 0.000000810. The van der Waals surface area contributed by atoms with Crippen LogP contribution in [-0.2, 0) is 9.47 Å². The molecule has 0 radical (unpaired) electrons. The average molecular weight is 168 g/mol. The topological polar surface area (TPSA) is 44.5 Å². The Hall–Kier alpha value is 0.170. The van der Waals surface area contributed by atoms with Gasteiger partial charge in [0.05, 0.1) is 25.4 Å². The van der Waals surface area contributed by atoms with Gasteiger partial charge < -0.3 is 15.2 Å². The summed E-state index contributed by atoms with van der Waals surface area (Å²) in [5, 5.41) is 0. The molecule has 2 unspecified atom stereocenters. The Morgan fingerprint density at radius 3 is 2.50 bits per heavy atom. The average Bonchev–Trinajstić information content (AvgIpc) is 1.90. The largest absolute Gasteiger partial charge is 0.373 e. The van der Waals surface area contributed by atoms with E-state index in [-0.39, 0.29) is 24.6 Å². The van der Waals surface area contributed by atoms with Crippen molar-refractivity contribution in [2.45, 2.75) is 19.1 Å². The smallest absolute Gasteiger partial charge is 0.0931 e. The molecule has 2 N–H and O–H groups in total. The summed E-state index contributed by atoms with van der Waals surface area (Å²) in [5.74, 6) is 0. The molecule has 0 bridgehead atoms. The predicted octanol–water partition coefficient (Wildman–Crippen LogP) is 0.171. The fourth-order valence-electron chi connectivity index (χ4n) is 0.775. The highest BCUT2D eigenvalue weighted by Gasteiger charge is 2.16. The van der Waals surface area contributed by atoms with E-state index >= 15 is 0 Å². The molecule has 0 spiro atoms. The summed E-state index contributed by atoms with van der Waals surface area (Å²) < 4.78 is 10.6. The molecule has 4 heteroatoms. The highest BCUT2D eigenvalue weighted by atomic mass is 35.5. The number of hydrogen-bond acceptors (Lipinski definition) is 3. The van der Waals surface area contributed by atoms with E-state index in [2.05, 4.69) is 0 Å². The van der Waals surface area contributed by atoms with Crippen molar-refractivity contribution in [3.8, 4) is 0 Å². The monoisotopic (exact) mass is 167 g/mol. The summed E-state index contributed by atoms with van der Waals surface area (Å²) in [6.07, 6.45) is 0.369. The van der Waals surface area contributed by atoms with Crippen molar-refractivity contribution in [3.05, 3.63) is 0 Å². The molecule has 3 nitrogen and oxygen atoms in total. The zero-order valence-electron chi connectivity index (χ0n) is 6.08. The van der Waals surface area contributed by atoms with Gasteiger partial charge in [0.25, 0.3) is 0 Å². The SMILES string of the molecule is CC1COC(CN)CO1.Cl. The van der Waals surface area contributed by atoms with E-state index in [0.717, 1.165) is 0 Å². The van der Waals surface area contributed by atoms with Crippen molar-refractivity contribution in [1.82, 2.24) is 0 Å². The van der Waals surface area contributed by atoms with Gasteiger partial charge in [-0.2, -0.15) is 0 Å². The van der Waals surface area contributed by atoms with Crippen LogP contribution in [0.5, 0.6) is 0 Å². The van der Waals surface area contributed by atoms with Gasteiger partial charge in [-0.15, -0.1) is 12.4 Å². The van der Waals surface area contributed by atoms with Crippen LogP contribution in [0.3, 0.4) is 0 Å². The third-order valence-electron chi connectivity index (χ3n) is 1.40. The molecule has 1 rings (SSSR count). The third kappa shape index (κ3) is 2.84. The second-order valence-corrected chi connectivity index (χ2v) is 2.33. The molecule has 0 amide bonds. The molecule has 2 atom stereocenters. The Morgan fingerprint density at radius 2 is 2.10 bits per heavy atom. The van der Waals surface area contributed by atoms with E-state index in [9.17, 15) is 0 Å². The predicted molar refractivity (Wildman–Crippen MR) is 41.5 cm³/mol. The van der Waals surface area contributed by atoms with Gasteiger partial charge in [-0.3, -0.25) is 0 Å². The number of hydrogen-bond donors (Lipinski definition) is 1. The highest BCUT2D eigenvalue weighted by Crippen LogP contribution is 2.04. The number of ether oxygens (including phenoxy) is 2. The molecular weight excluding hydrogens is 154 g/mol. The van der Waals surface area contributed by atoms with Crippen LogP contribution in [0.15, 0.2) is 0 Å². The summed E-state index contributed by atoms with van der Waals surface area (Å²) in [6.45, 7) is 3.89. The quantitative estimate of drug-likeness (QED) is 0.606. The first-order valence-corrected chi connectivity index (χ1v) is 3.26. The van der Waals surface area contributed by atoms with Crippen molar-refractivity contribution in [2.75, 3.05) is 19.8 Å². The normalized spacial score (nSPS) is 33.0. The first-order valence-electron chi connectivity index (χ1n) is 3.26. The van der Waals surface area contributed by atoms with E-state index in [1.807, 2.05) is 6.92 Å². The third-order valence-corrected chi connectivity index (χ3v) is 1.40. The minimum Gasteiger partial charge on any atom is -0.373 e. The summed E-state index contributed by atoms with van der Waals surface area (Å²) in [5.41, 5.74) is 5.34. The maximum absolute atomic E-state index is 5.34. The standard InChI is InChI=1S/C6H13NO2.ClH/c1-5-3-9-6(2-7)4-8-5;/h5-6H,2-4,7H2,1H3;1H. The molecule has 0 aromatic heterocycles. The van der Waals surface area contributed by atoms with Crippen LogP contribution < -0.4 is 5.73 Å². The molecule has 10 heavy (non-hydrogen) atoms. The molecule has 1 aliphatic rings. The molecule has 1 heterocycles. The van der Waals surface area contributed by atoms with Crippen LogP contribution in [0.4, 0.5) is 0 Å². The van der Waals surface area contributed by atoms with Crippen LogP contribution >= 0.6 is 12.4 Å². The number of nitrogens with two attached hydrogens (primary N) is 1. The Kier molecular flexibility index (Phi) is 4.99. The molecule has 62 valence electrons. The zero-order chi connectivity index (χ0) is 6.69. The fraction of sp³-hybridized carbons (Fsp3) is 1.00. The summed E-state index contributed by atoms with van der Waals surface area (Å²) in [4.78, 5) is 0. The minimum atomic E-state index is 0. The zero-order valence-corrected chi connectivity index (χ0v) is 6.89. The summed E-state index contributed by atoms with van der Waals surface area (Å²) in [7, 11) is 0. The van der Waals surface area contributed by atoms with E-state index in [1.165, 1.54) is 0 Å². The van der Waals surface area contributed by atoms with Crippen molar-refractivity contribution >= 4 is 12.4 Å². The van der Waals surface area contributed by atoms with Crippen LogP contribution in [-0.4, -0.2) is 32.0 Å². The molecule has 0 aliphatic carbocycles. The Morgan fingerprint density at radius 1 is 1.40 bits per heavy atom. The number of halogens is 1. The van der Waals surface area contributed by atoms with Gasteiger partial charge in [-0.1, -0.05) is 0 Å². The molecule has 0 aromatic carbocycles. The fourth-order valence-corrected chi connectivity index (χ4v) is 0.775. The number of rotatable bonds is 1.